The number of phenolic OH excluding ortho intramolecular Hbond substituents is 2. The van der Waals surface area contributed by atoms with Gasteiger partial charge in [-0.2, -0.15) is 0 Å². The maximum absolute atomic E-state index is 12.1. The Kier molecular flexibility index (Phi) is 2.36. The number of ketones is 1. The zero-order valence-electron chi connectivity index (χ0n) is 11.0. The van der Waals surface area contributed by atoms with Crippen molar-refractivity contribution >= 4 is 16.6 Å². The van der Waals surface area contributed by atoms with Crippen molar-refractivity contribution < 1.29 is 15.0 Å². The molecule has 0 saturated heterocycles. The fourth-order valence-electron chi connectivity index (χ4n) is 3.01. The van der Waals surface area contributed by atoms with E-state index >= 15 is 0 Å². The summed E-state index contributed by atoms with van der Waals surface area (Å²) in [6.07, 6.45) is 1.09. The van der Waals surface area contributed by atoms with Crippen LogP contribution in [0.25, 0.3) is 10.8 Å². The normalized spacial score (nSPS) is 17.5. The molecule has 19 heavy (non-hydrogen) atoms. The largest absolute Gasteiger partial charge is 0.507 e. The molecule has 1 aliphatic carbocycles. The van der Waals surface area contributed by atoms with Crippen LogP contribution in [-0.4, -0.2) is 16.0 Å². The van der Waals surface area contributed by atoms with E-state index in [1.807, 2.05) is 19.9 Å². The van der Waals surface area contributed by atoms with Gasteiger partial charge < -0.3 is 10.2 Å². The van der Waals surface area contributed by atoms with Crippen molar-refractivity contribution in [1.29, 1.82) is 0 Å². The third-order valence-electron chi connectivity index (χ3n) is 4.09. The molecule has 3 nitrogen and oxygen atoms in total. The predicted octanol–water partition coefficient (Wildman–Crippen LogP) is 3.51. The Hall–Kier alpha value is -2.03. The minimum absolute atomic E-state index is 0.00109. The monoisotopic (exact) mass is 256 g/mol. The van der Waals surface area contributed by atoms with Gasteiger partial charge in [0.15, 0.2) is 5.78 Å². The van der Waals surface area contributed by atoms with Crippen molar-refractivity contribution in [2.45, 2.75) is 32.1 Å². The number of aromatic hydroxyl groups is 2. The molecular weight excluding hydrogens is 240 g/mol. The Morgan fingerprint density at radius 1 is 1.05 bits per heavy atom. The Balaban J connectivity index is 2.53. The van der Waals surface area contributed by atoms with Gasteiger partial charge in [-0.05, 0) is 11.8 Å². The molecule has 0 radical (unpaired) electrons. The summed E-state index contributed by atoms with van der Waals surface area (Å²) in [4.78, 5) is 12.1. The first-order chi connectivity index (χ1) is 8.93. The smallest absolute Gasteiger partial charge is 0.167 e. The molecule has 98 valence electrons. The van der Waals surface area contributed by atoms with Crippen LogP contribution in [0.3, 0.4) is 0 Å². The summed E-state index contributed by atoms with van der Waals surface area (Å²) in [6, 6.07) is 7.08. The minimum Gasteiger partial charge on any atom is -0.507 e. The third kappa shape index (κ3) is 1.54. The van der Waals surface area contributed by atoms with Crippen LogP contribution in [0, 0.1) is 0 Å². The van der Waals surface area contributed by atoms with Gasteiger partial charge in [-0.3, -0.25) is 4.79 Å². The first-order valence-electron chi connectivity index (χ1n) is 6.44. The molecule has 0 fully saturated rings. The number of hydrogen-bond acceptors (Lipinski definition) is 3. The molecule has 0 amide bonds. The van der Waals surface area contributed by atoms with E-state index in [1.165, 1.54) is 0 Å². The molecule has 2 aromatic rings. The number of rotatable bonds is 0. The van der Waals surface area contributed by atoms with E-state index in [9.17, 15) is 15.0 Å². The number of Topliss-reactive ketones (excluding diaryl/α,β-unsaturated/α-hetero) is 1. The molecule has 0 aromatic heterocycles. The van der Waals surface area contributed by atoms with Gasteiger partial charge in [0, 0.05) is 22.8 Å². The molecule has 3 rings (SSSR count). The number of phenols is 2. The molecule has 0 unspecified atom stereocenters. The lowest BCUT2D eigenvalue weighted by Gasteiger charge is -2.33. The lowest BCUT2D eigenvalue weighted by atomic mass is 9.70. The topological polar surface area (TPSA) is 57.5 Å². The second-order valence-electron chi connectivity index (χ2n) is 5.80. The summed E-state index contributed by atoms with van der Waals surface area (Å²) in [6.45, 7) is 3.98. The van der Waals surface area contributed by atoms with Crippen molar-refractivity contribution in [2.75, 3.05) is 0 Å². The van der Waals surface area contributed by atoms with Gasteiger partial charge >= 0.3 is 0 Å². The van der Waals surface area contributed by atoms with Gasteiger partial charge in [-0.1, -0.05) is 38.1 Å². The Labute approximate surface area is 111 Å². The van der Waals surface area contributed by atoms with Crippen LogP contribution in [0.1, 0.15) is 42.6 Å². The van der Waals surface area contributed by atoms with Crippen molar-refractivity contribution in [3.8, 4) is 11.5 Å². The van der Waals surface area contributed by atoms with E-state index in [0.29, 0.717) is 34.7 Å². The maximum Gasteiger partial charge on any atom is 0.167 e. The highest BCUT2D eigenvalue weighted by atomic mass is 16.3. The van der Waals surface area contributed by atoms with Gasteiger partial charge in [-0.15, -0.1) is 0 Å². The number of benzene rings is 2. The van der Waals surface area contributed by atoms with Gasteiger partial charge in [-0.25, -0.2) is 0 Å². The summed E-state index contributed by atoms with van der Waals surface area (Å²) in [5, 5.41) is 22.0. The maximum atomic E-state index is 12.1. The first kappa shape index (κ1) is 12.0. The quantitative estimate of drug-likeness (QED) is 0.709. The molecule has 0 aliphatic heterocycles. The Bertz CT molecular complexity index is 699. The summed E-state index contributed by atoms with van der Waals surface area (Å²) in [7, 11) is 0. The van der Waals surface area contributed by atoms with E-state index in [-0.39, 0.29) is 22.7 Å². The molecule has 2 N–H and O–H groups in total. The summed E-state index contributed by atoms with van der Waals surface area (Å²) in [5.41, 5.74) is 0.571. The van der Waals surface area contributed by atoms with Crippen molar-refractivity contribution in [3.63, 3.8) is 0 Å². The zero-order valence-corrected chi connectivity index (χ0v) is 11.0. The molecule has 3 heteroatoms. The highest BCUT2D eigenvalue weighted by Crippen LogP contribution is 2.49. The second kappa shape index (κ2) is 3.73. The van der Waals surface area contributed by atoms with Crippen LogP contribution in [0.4, 0.5) is 0 Å². The number of hydrogen-bond donors (Lipinski definition) is 2. The van der Waals surface area contributed by atoms with Gasteiger partial charge in [0.1, 0.15) is 11.5 Å². The molecule has 0 saturated carbocycles. The summed E-state index contributed by atoms with van der Waals surface area (Å²) in [5.74, 6) is 0.0375. The SMILES string of the molecule is CC1(C)CCC(=O)c2c1c(O)c1ccccc1c2O. The van der Waals surface area contributed by atoms with E-state index in [0.717, 1.165) is 0 Å². The zero-order chi connectivity index (χ0) is 13.8. The van der Waals surface area contributed by atoms with Crippen molar-refractivity contribution in [1.82, 2.24) is 0 Å². The summed E-state index contributed by atoms with van der Waals surface area (Å²) < 4.78 is 0. The number of fused-ring (bicyclic) bond motifs is 2. The molecule has 0 heterocycles. The number of carbonyl (C=O) groups is 1. The van der Waals surface area contributed by atoms with Crippen molar-refractivity contribution in [2.24, 2.45) is 0 Å². The van der Waals surface area contributed by atoms with Crippen LogP contribution >= 0.6 is 0 Å². The standard InChI is InChI=1S/C16H16O3/c1-16(2)8-7-11(17)12-13(16)15(19)10-6-4-3-5-9(10)14(12)18/h3-6,18-19H,7-8H2,1-2H3. The lowest BCUT2D eigenvalue weighted by molar-refractivity contribution is 0.0952. The van der Waals surface area contributed by atoms with Crippen LogP contribution in [0.5, 0.6) is 11.5 Å². The highest BCUT2D eigenvalue weighted by Gasteiger charge is 2.37. The van der Waals surface area contributed by atoms with E-state index < -0.39 is 0 Å². The Morgan fingerprint density at radius 2 is 1.63 bits per heavy atom. The number of carbonyl (C=O) groups excluding carboxylic acids is 1. The average molecular weight is 256 g/mol. The molecule has 1 aliphatic rings. The van der Waals surface area contributed by atoms with Gasteiger partial charge in [0.2, 0.25) is 0 Å². The fourth-order valence-corrected chi connectivity index (χ4v) is 3.01. The van der Waals surface area contributed by atoms with Crippen LogP contribution in [0.2, 0.25) is 0 Å². The van der Waals surface area contributed by atoms with Crippen LogP contribution < -0.4 is 0 Å². The van der Waals surface area contributed by atoms with Gasteiger partial charge in [0.25, 0.3) is 0 Å². The van der Waals surface area contributed by atoms with E-state index in [1.54, 1.807) is 18.2 Å². The molecule has 2 aromatic carbocycles. The van der Waals surface area contributed by atoms with Crippen LogP contribution in [-0.2, 0) is 5.41 Å². The molecule has 0 atom stereocenters. The summed E-state index contributed by atoms with van der Waals surface area (Å²) >= 11 is 0. The first-order valence-corrected chi connectivity index (χ1v) is 6.44. The van der Waals surface area contributed by atoms with E-state index in [2.05, 4.69) is 0 Å². The van der Waals surface area contributed by atoms with Crippen LogP contribution in [0.15, 0.2) is 24.3 Å². The van der Waals surface area contributed by atoms with Gasteiger partial charge in [0.05, 0.1) is 5.56 Å². The fraction of sp³-hybridized carbons (Fsp3) is 0.312. The minimum atomic E-state index is -0.311. The highest BCUT2D eigenvalue weighted by molar-refractivity contribution is 6.09. The van der Waals surface area contributed by atoms with Crippen molar-refractivity contribution in [3.05, 3.63) is 35.4 Å². The Morgan fingerprint density at radius 3 is 2.26 bits per heavy atom. The third-order valence-corrected chi connectivity index (χ3v) is 4.09. The molecular formula is C16H16O3. The van der Waals surface area contributed by atoms with E-state index in [4.69, 9.17) is 0 Å². The lowest BCUT2D eigenvalue weighted by Crippen LogP contribution is -2.27. The predicted molar refractivity (Wildman–Crippen MR) is 73.9 cm³/mol. The molecule has 0 bridgehead atoms. The second-order valence-corrected chi connectivity index (χ2v) is 5.80. The molecule has 0 spiro atoms. The average Bonchev–Trinajstić information content (AvgIpc) is 2.39.